The first-order valence-electron chi connectivity index (χ1n) is 9.38. The fourth-order valence-electron chi connectivity index (χ4n) is 2.99. The molecule has 0 spiro atoms. The largest absolute Gasteiger partial charge is 0.573 e. The van der Waals surface area contributed by atoms with E-state index in [9.17, 15) is 31.5 Å². The molecule has 1 saturated heterocycles. The van der Waals surface area contributed by atoms with Gasteiger partial charge in [-0.1, -0.05) is 5.16 Å². The van der Waals surface area contributed by atoms with E-state index in [1.807, 2.05) is 0 Å². The average Bonchev–Trinajstić information content (AvgIpc) is 2.71. The van der Waals surface area contributed by atoms with Gasteiger partial charge in [0.15, 0.2) is 5.88 Å². The highest BCUT2D eigenvalue weighted by atomic mass is 32.2. The maximum Gasteiger partial charge on any atom is 0.573 e. The Kier molecular flexibility index (Phi) is 6.79. The van der Waals surface area contributed by atoms with Crippen molar-refractivity contribution in [3.05, 3.63) is 52.3 Å². The van der Waals surface area contributed by atoms with Crippen LogP contribution in [0.1, 0.15) is 18.4 Å². The number of oxime groups is 1. The summed E-state index contributed by atoms with van der Waals surface area (Å²) >= 11 is 0. The molecule has 1 aliphatic heterocycles. The van der Waals surface area contributed by atoms with Crippen LogP contribution in [0.5, 0.6) is 11.6 Å². The molecule has 0 bridgehead atoms. The molecule has 9 nitrogen and oxygen atoms in total. The molecule has 1 aromatic carbocycles. The Hall–Kier alpha value is -3.06. The van der Waals surface area contributed by atoms with Crippen LogP contribution in [0.2, 0.25) is 0 Å². The third kappa shape index (κ3) is 5.79. The number of benzene rings is 1. The second-order valence-electron chi connectivity index (χ2n) is 6.97. The van der Waals surface area contributed by atoms with E-state index in [4.69, 9.17) is 4.84 Å². The van der Waals surface area contributed by atoms with Crippen molar-refractivity contribution in [2.24, 2.45) is 12.2 Å². The molecule has 1 aliphatic rings. The zero-order valence-corrected chi connectivity index (χ0v) is 17.7. The fraction of sp³-hybridized carbons (Fsp3) is 0.368. The molecule has 0 unspecified atom stereocenters. The number of ether oxygens (including phenoxy) is 1. The lowest BCUT2D eigenvalue weighted by atomic mass is 10.1. The van der Waals surface area contributed by atoms with Gasteiger partial charge in [-0.3, -0.25) is 9.36 Å². The Morgan fingerprint density at radius 1 is 1.12 bits per heavy atom. The molecule has 2 heterocycles. The first kappa shape index (κ1) is 23.6. The third-order valence-electron chi connectivity index (χ3n) is 4.72. The minimum absolute atomic E-state index is 0.0402. The van der Waals surface area contributed by atoms with Crippen molar-refractivity contribution in [2.45, 2.75) is 30.7 Å². The van der Waals surface area contributed by atoms with Gasteiger partial charge in [0.1, 0.15) is 12.4 Å². The number of pyridine rings is 1. The minimum atomic E-state index is -4.86. The molecule has 1 N–H and O–H groups in total. The molecule has 2 aromatic rings. The smallest absolute Gasteiger partial charge is 0.494 e. The van der Waals surface area contributed by atoms with Gasteiger partial charge in [-0.05, 0) is 24.3 Å². The number of hydrogen-bond acceptors (Lipinski definition) is 7. The number of halogens is 3. The maximum absolute atomic E-state index is 12.7. The standard InChI is InChI=1S/C19H20F3N3O6S/c1-24-17(26)10-13(11-18(24)27)12-30-23-14-6-8-25(9-7-14)32(28,29)16-4-2-15(3-5-16)31-19(20,21)22/h2-5,10-11,26H,6-9,12H2,1H3. The summed E-state index contributed by atoms with van der Waals surface area (Å²) in [6.45, 7) is 0.206. The third-order valence-corrected chi connectivity index (χ3v) is 6.63. The molecule has 32 heavy (non-hydrogen) atoms. The van der Waals surface area contributed by atoms with E-state index in [0.29, 0.717) is 24.1 Å². The second kappa shape index (κ2) is 9.20. The lowest BCUT2D eigenvalue weighted by Gasteiger charge is -2.26. The van der Waals surface area contributed by atoms with E-state index in [2.05, 4.69) is 9.89 Å². The SMILES string of the molecule is Cn1c(O)cc(CON=C2CCN(S(=O)(=O)c3ccc(OC(F)(F)F)cc3)CC2)cc1=O. The summed E-state index contributed by atoms with van der Waals surface area (Å²) in [7, 11) is -2.46. The van der Waals surface area contributed by atoms with E-state index >= 15 is 0 Å². The van der Waals surface area contributed by atoms with E-state index < -0.39 is 27.7 Å². The summed E-state index contributed by atoms with van der Waals surface area (Å²) in [6.07, 6.45) is -4.26. The van der Waals surface area contributed by atoms with Gasteiger partial charge in [0.05, 0.1) is 10.6 Å². The van der Waals surface area contributed by atoms with Crippen LogP contribution in [0.3, 0.4) is 0 Å². The number of aromatic nitrogens is 1. The van der Waals surface area contributed by atoms with Gasteiger partial charge in [0.2, 0.25) is 10.0 Å². The van der Waals surface area contributed by atoms with Crippen molar-refractivity contribution in [2.75, 3.05) is 13.1 Å². The molecule has 1 aromatic heterocycles. The molecule has 0 saturated carbocycles. The molecule has 13 heteroatoms. The number of sulfonamides is 1. The number of nitrogens with zero attached hydrogens (tertiary/aromatic N) is 3. The molecule has 1 fully saturated rings. The van der Waals surface area contributed by atoms with Gasteiger partial charge in [0.25, 0.3) is 5.56 Å². The number of piperidine rings is 1. The van der Waals surface area contributed by atoms with E-state index in [1.54, 1.807) is 0 Å². The summed E-state index contributed by atoms with van der Waals surface area (Å²) in [4.78, 5) is 16.7. The van der Waals surface area contributed by atoms with Crippen LogP contribution in [-0.4, -0.2) is 47.6 Å². The van der Waals surface area contributed by atoms with E-state index in [0.717, 1.165) is 28.8 Å². The quantitative estimate of drug-likeness (QED) is 0.643. The summed E-state index contributed by atoms with van der Waals surface area (Å²) in [5, 5.41) is 13.6. The van der Waals surface area contributed by atoms with Crippen LogP contribution in [0, 0.1) is 0 Å². The molecule has 3 rings (SSSR count). The number of rotatable bonds is 6. The van der Waals surface area contributed by atoms with Crippen LogP contribution < -0.4 is 10.3 Å². The normalized spacial score (nSPS) is 15.4. The molecule has 0 atom stereocenters. The van der Waals surface area contributed by atoms with Gasteiger partial charge >= 0.3 is 6.36 Å². The number of alkyl halides is 3. The Bertz CT molecular complexity index is 1150. The van der Waals surface area contributed by atoms with Crippen LogP contribution in [0.4, 0.5) is 13.2 Å². The summed E-state index contributed by atoms with van der Waals surface area (Å²) < 4.78 is 68.2. The zero-order valence-electron chi connectivity index (χ0n) is 16.9. The summed E-state index contributed by atoms with van der Waals surface area (Å²) in [6, 6.07) is 6.69. The van der Waals surface area contributed by atoms with Crippen molar-refractivity contribution in [1.82, 2.24) is 8.87 Å². The van der Waals surface area contributed by atoms with Gasteiger partial charge in [-0.15, -0.1) is 13.2 Å². The molecular formula is C19H20F3N3O6S. The van der Waals surface area contributed by atoms with E-state index in [1.165, 1.54) is 23.5 Å². The van der Waals surface area contributed by atoms with Crippen LogP contribution >= 0.6 is 0 Å². The van der Waals surface area contributed by atoms with Gasteiger partial charge in [-0.2, -0.15) is 4.31 Å². The summed E-state index contributed by atoms with van der Waals surface area (Å²) in [5.41, 5.74) is 0.666. The predicted octanol–water partition coefficient (Wildman–Crippen LogP) is 2.35. The van der Waals surface area contributed by atoms with Crippen LogP contribution in [0.15, 0.2) is 51.2 Å². The van der Waals surface area contributed by atoms with Crippen molar-refractivity contribution < 1.29 is 36.3 Å². The molecule has 0 aliphatic carbocycles. The minimum Gasteiger partial charge on any atom is -0.494 e. The average molecular weight is 475 g/mol. The zero-order chi connectivity index (χ0) is 23.5. The van der Waals surface area contributed by atoms with Gasteiger partial charge < -0.3 is 14.7 Å². The van der Waals surface area contributed by atoms with Crippen LogP contribution in [0.25, 0.3) is 0 Å². The van der Waals surface area contributed by atoms with Gasteiger partial charge in [-0.25, -0.2) is 8.42 Å². The van der Waals surface area contributed by atoms with Crippen molar-refractivity contribution >= 4 is 15.7 Å². The Labute approximate surface area is 181 Å². The number of hydrogen-bond donors (Lipinski definition) is 1. The molecule has 0 radical (unpaired) electrons. The lowest BCUT2D eigenvalue weighted by molar-refractivity contribution is -0.274. The van der Waals surface area contributed by atoms with Crippen molar-refractivity contribution in [3.8, 4) is 11.6 Å². The highest BCUT2D eigenvalue weighted by Gasteiger charge is 2.32. The highest BCUT2D eigenvalue weighted by molar-refractivity contribution is 7.89. The van der Waals surface area contributed by atoms with Crippen molar-refractivity contribution in [3.63, 3.8) is 0 Å². The summed E-state index contributed by atoms with van der Waals surface area (Å²) in [5.74, 6) is -0.716. The first-order valence-corrected chi connectivity index (χ1v) is 10.8. The fourth-order valence-corrected chi connectivity index (χ4v) is 4.43. The monoisotopic (exact) mass is 475 g/mol. The Morgan fingerprint density at radius 3 is 2.31 bits per heavy atom. The first-order chi connectivity index (χ1) is 15.0. The topological polar surface area (TPSA) is 110 Å². The Morgan fingerprint density at radius 2 is 1.75 bits per heavy atom. The predicted molar refractivity (Wildman–Crippen MR) is 107 cm³/mol. The molecule has 174 valence electrons. The Balaban J connectivity index is 1.57. The van der Waals surface area contributed by atoms with Crippen molar-refractivity contribution in [1.29, 1.82) is 0 Å². The van der Waals surface area contributed by atoms with Gasteiger partial charge in [0, 0.05) is 50.7 Å². The second-order valence-corrected chi connectivity index (χ2v) is 8.91. The van der Waals surface area contributed by atoms with E-state index in [-0.39, 0.29) is 30.5 Å². The molecular weight excluding hydrogens is 455 g/mol. The maximum atomic E-state index is 12.7. The highest BCUT2D eigenvalue weighted by Crippen LogP contribution is 2.26. The van der Waals surface area contributed by atoms with Crippen LogP contribution in [-0.2, 0) is 28.5 Å². The lowest BCUT2D eigenvalue weighted by Crippen LogP contribution is -2.38. The molecule has 0 amide bonds. The number of aromatic hydroxyl groups is 1.